The SMILES string of the molecule is CC(Cc1ccc(Cl)c(C(C)(C)C)c1F)c1ccccc1C(F)(F)F. The van der Waals surface area contributed by atoms with Crippen molar-refractivity contribution in [2.24, 2.45) is 0 Å². The van der Waals surface area contributed by atoms with Crippen molar-refractivity contribution in [3.8, 4) is 0 Å². The first-order valence-corrected chi connectivity index (χ1v) is 8.44. The van der Waals surface area contributed by atoms with E-state index < -0.39 is 28.9 Å². The molecule has 1 unspecified atom stereocenters. The zero-order valence-corrected chi connectivity index (χ0v) is 15.4. The molecule has 25 heavy (non-hydrogen) atoms. The standard InChI is InChI=1S/C20H21ClF4/c1-12(14-7-5-6-8-15(14)20(23,24)25)11-13-9-10-16(21)17(18(13)22)19(2,3)4/h5-10,12H,11H2,1-4H3. The summed E-state index contributed by atoms with van der Waals surface area (Å²) in [5.74, 6) is -0.919. The average Bonchev–Trinajstić information content (AvgIpc) is 2.48. The van der Waals surface area contributed by atoms with Gasteiger partial charge in [0.25, 0.3) is 0 Å². The third-order valence-corrected chi connectivity index (χ3v) is 4.56. The first-order valence-electron chi connectivity index (χ1n) is 8.06. The van der Waals surface area contributed by atoms with Crippen LogP contribution < -0.4 is 0 Å². The molecular weight excluding hydrogens is 352 g/mol. The number of rotatable bonds is 3. The van der Waals surface area contributed by atoms with Gasteiger partial charge in [-0.05, 0) is 41.0 Å². The van der Waals surface area contributed by atoms with Gasteiger partial charge in [0.1, 0.15) is 5.82 Å². The predicted molar refractivity (Wildman–Crippen MR) is 93.7 cm³/mol. The lowest BCUT2D eigenvalue weighted by Gasteiger charge is -2.24. The maximum Gasteiger partial charge on any atom is 0.416 e. The van der Waals surface area contributed by atoms with E-state index in [0.29, 0.717) is 16.1 Å². The summed E-state index contributed by atoms with van der Waals surface area (Å²) in [6, 6.07) is 8.61. The summed E-state index contributed by atoms with van der Waals surface area (Å²) < 4.78 is 54.6. The van der Waals surface area contributed by atoms with Gasteiger partial charge in [-0.25, -0.2) is 4.39 Å². The highest BCUT2D eigenvalue weighted by Crippen LogP contribution is 2.38. The first kappa shape index (κ1) is 19.8. The van der Waals surface area contributed by atoms with Gasteiger partial charge in [0.15, 0.2) is 0 Å². The fourth-order valence-corrected chi connectivity index (χ4v) is 3.49. The predicted octanol–water partition coefficient (Wildman–Crippen LogP) is 7.14. The molecule has 0 N–H and O–H groups in total. The number of hydrogen-bond acceptors (Lipinski definition) is 0. The van der Waals surface area contributed by atoms with E-state index in [1.54, 1.807) is 25.1 Å². The van der Waals surface area contributed by atoms with E-state index in [1.807, 2.05) is 20.8 Å². The topological polar surface area (TPSA) is 0 Å². The molecule has 0 spiro atoms. The van der Waals surface area contributed by atoms with Crippen molar-refractivity contribution in [2.75, 3.05) is 0 Å². The Labute approximate surface area is 150 Å². The molecule has 0 radical (unpaired) electrons. The summed E-state index contributed by atoms with van der Waals surface area (Å²) in [4.78, 5) is 0. The van der Waals surface area contributed by atoms with Crippen molar-refractivity contribution < 1.29 is 17.6 Å². The van der Waals surface area contributed by atoms with Crippen LogP contribution in [0.2, 0.25) is 5.02 Å². The number of alkyl halides is 3. The molecule has 0 bridgehead atoms. The normalized spacial score (nSPS) is 13.8. The second-order valence-corrected chi connectivity index (χ2v) is 7.74. The minimum atomic E-state index is -4.43. The van der Waals surface area contributed by atoms with Crippen LogP contribution >= 0.6 is 11.6 Å². The van der Waals surface area contributed by atoms with Crippen LogP contribution in [0.4, 0.5) is 17.6 Å². The molecule has 0 heterocycles. The maximum atomic E-state index is 14.9. The van der Waals surface area contributed by atoms with Gasteiger partial charge < -0.3 is 0 Å². The van der Waals surface area contributed by atoms with Gasteiger partial charge in [-0.1, -0.05) is 63.6 Å². The minimum absolute atomic E-state index is 0.166. The van der Waals surface area contributed by atoms with Crippen LogP contribution in [0.5, 0.6) is 0 Å². The molecule has 0 aliphatic rings. The largest absolute Gasteiger partial charge is 0.416 e. The van der Waals surface area contributed by atoms with E-state index in [0.717, 1.165) is 6.07 Å². The zero-order valence-electron chi connectivity index (χ0n) is 14.6. The molecule has 0 amide bonds. The molecule has 0 fully saturated rings. The van der Waals surface area contributed by atoms with Crippen LogP contribution in [-0.4, -0.2) is 0 Å². The van der Waals surface area contributed by atoms with E-state index in [1.165, 1.54) is 12.1 Å². The molecule has 0 saturated heterocycles. The number of hydrogen-bond donors (Lipinski definition) is 0. The lowest BCUT2D eigenvalue weighted by molar-refractivity contribution is -0.138. The maximum absolute atomic E-state index is 14.9. The molecular formula is C20H21ClF4. The second-order valence-electron chi connectivity index (χ2n) is 7.34. The molecule has 5 heteroatoms. The Balaban J connectivity index is 2.42. The Hall–Kier alpha value is -1.55. The molecule has 0 aliphatic heterocycles. The zero-order chi connectivity index (χ0) is 19.0. The first-order chi connectivity index (χ1) is 11.4. The highest BCUT2D eigenvalue weighted by molar-refractivity contribution is 6.31. The molecule has 136 valence electrons. The molecule has 2 aromatic rings. The Morgan fingerprint density at radius 3 is 2.16 bits per heavy atom. The lowest BCUT2D eigenvalue weighted by atomic mass is 9.83. The summed E-state index contributed by atoms with van der Waals surface area (Å²) in [5.41, 5.74) is -0.235. The van der Waals surface area contributed by atoms with Crippen LogP contribution in [0.15, 0.2) is 36.4 Å². The van der Waals surface area contributed by atoms with Crippen LogP contribution in [0, 0.1) is 5.82 Å². The lowest BCUT2D eigenvalue weighted by Crippen LogP contribution is -2.17. The third kappa shape index (κ3) is 4.35. The Morgan fingerprint density at radius 2 is 1.60 bits per heavy atom. The van der Waals surface area contributed by atoms with Crippen molar-refractivity contribution in [1.29, 1.82) is 0 Å². The van der Waals surface area contributed by atoms with Gasteiger partial charge in [0, 0.05) is 10.6 Å². The molecule has 0 aromatic heterocycles. The average molecular weight is 373 g/mol. The second kappa shape index (κ2) is 6.99. The van der Waals surface area contributed by atoms with Crippen molar-refractivity contribution in [1.82, 2.24) is 0 Å². The molecule has 2 aromatic carbocycles. The highest BCUT2D eigenvalue weighted by Gasteiger charge is 2.34. The minimum Gasteiger partial charge on any atom is -0.206 e. The Morgan fingerprint density at radius 1 is 1.00 bits per heavy atom. The summed E-state index contributed by atoms with van der Waals surface area (Å²) in [5, 5.41) is 0.331. The molecule has 0 saturated carbocycles. The van der Waals surface area contributed by atoms with Crippen LogP contribution in [0.3, 0.4) is 0 Å². The molecule has 2 rings (SSSR count). The summed E-state index contributed by atoms with van der Waals surface area (Å²) in [6.45, 7) is 7.23. The van der Waals surface area contributed by atoms with Gasteiger partial charge in [-0.15, -0.1) is 0 Å². The number of halogens is 5. The van der Waals surface area contributed by atoms with Crippen molar-refractivity contribution in [2.45, 2.75) is 51.6 Å². The van der Waals surface area contributed by atoms with Crippen molar-refractivity contribution in [3.63, 3.8) is 0 Å². The van der Waals surface area contributed by atoms with Gasteiger partial charge in [0.2, 0.25) is 0 Å². The molecule has 1 atom stereocenters. The monoisotopic (exact) mass is 372 g/mol. The highest BCUT2D eigenvalue weighted by atomic mass is 35.5. The van der Waals surface area contributed by atoms with E-state index >= 15 is 0 Å². The van der Waals surface area contributed by atoms with E-state index in [9.17, 15) is 17.6 Å². The summed E-state index contributed by atoms with van der Waals surface area (Å²) >= 11 is 6.14. The Bertz CT molecular complexity index is 757. The smallest absolute Gasteiger partial charge is 0.206 e. The van der Waals surface area contributed by atoms with Crippen molar-refractivity contribution >= 4 is 11.6 Å². The number of benzene rings is 2. The van der Waals surface area contributed by atoms with Gasteiger partial charge >= 0.3 is 6.18 Å². The van der Waals surface area contributed by atoms with E-state index in [-0.39, 0.29) is 12.0 Å². The molecule has 0 nitrogen and oxygen atoms in total. The fraction of sp³-hybridized carbons (Fsp3) is 0.400. The van der Waals surface area contributed by atoms with Gasteiger partial charge in [-0.2, -0.15) is 13.2 Å². The van der Waals surface area contributed by atoms with Gasteiger partial charge in [0.05, 0.1) is 5.56 Å². The third-order valence-electron chi connectivity index (χ3n) is 4.24. The molecule has 0 aliphatic carbocycles. The van der Waals surface area contributed by atoms with Crippen LogP contribution in [0.1, 0.15) is 55.9 Å². The quantitative estimate of drug-likeness (QED) is 0.502. The van der Waals surface area contributed by atoms with Gasteiger partial charge in [-0.3, -0.25) is 0 Å². The van der Waals surface area contributed by atoms with Crippen molar-refractivity contribution in [3.05, 3.63) is 69.5 Å². The fourth-order valence-electron chi connectivity index (χ4n) is 3.07. The van der Waals surface area contributed by atoms with Crippen LogP contribution in [-0.2, 0) is 18.0 Å². The van der Waals surface area contributed by atoms with Crippen LogP contribution in [0.25, 0.3) is 0 Å². The van der Waals surface area contributed by atoms with E-state index in [2.05, 4.69) is 0 Å². The summed E-state index contributed by atoms with van der Waals surface area (Å²) in [6.07, 6.45) is -4.26. The summed E-state index contributed by atoms with van der Waals surface area (Å²) in [7, 11) is 0. The Kier molecular flexibility index (Phi) is 5.53. The van der Waals surface area contributed by atoms with E-state index in [4.69, 9.17) is 11.6 Å².